The Balaban J connectivity index is 4.19. The van der Waals surface area contributed by atoms with Crippen molar-refractivity contribution in [2.45, 2.75) is 53.4 Å². The second-order valence-corrected chi connectivity index (χ2v) is 4.52. The molecule has 0 rings (SSSR count). The summed E-state index contributed by atoms with van der Waals surface area (Å²) < 4.78 is 4.98. The predicted octanol–water partition coefficient (Wildman–Crippen LogP) is 2.29. The number of esters is 1. The van der Waals surface area contributed by atoms with E-state index < -0.39 is 5.41 Å². The number of rotatable bonds is 8. The Kier molecular flexibility index (Phi) is 6.69. The summed E-state index contributed by atoms with van der Waals surface area (Å²) in [6.07, 6.45) is 2.14. The molecule has 4 nitrogen and oxygen atoms in total. The summed E-state index contributed by atoms with van der Waals surface area (Å²) in [6, 6.07) is 0. The average Bonchev–Trinajstić information content (AvgIpc) is 2.25. The summed E-state index contributed by atoms with van der Waals surface area (Å²) in [6.45, 7) is 6.76. The van der Waals surface area contributed by atoms with E-state index in [0.29, 0.717) is 6.61 Å². The lowest BCUT2D eigenvalue weighted by Crippen LogP contribution is -2.34. The summed E-state index contributed by atoms with van der Waals surface area (Å²) in [5, 5.41) is 0. The molecule has 0 aromatic rings. The number of Topliss-reactive ketones (excluding diaryl/α,β-unsaturated/α-hetero) is 2. The predicted molar refractivity (Wildman–Crippen MR) is 64.6 cm³/mol. The molecule has 0 spiro atoms. The van der Waals surface area contributed by atoms with Crippen LogP contribution in [0.1, 0.15) is 53.4 Å². The van der Waals surface area contributed by atoms with E-state index in [1.165, 1.54) is 13.8 Å². The Hall–Kier alpha value is -1.19. The zero-order valence-electron chi connectivity index (χ0n) is 11.2. The summed E-state index contributed by atoms with van der Waals surface area (Å²) in [7, 11) is 0. The Morgan fingerprint density at radius 1 is 1.12 bits per heavy atom. The van der Waals surface area contributed by atoms with Gasteiger partial charge in [-0.25, -0.2) is 0 Å². The molecule has 0 aromatic carbocycles. The van der Waals surface area contributed by atoms with E-state index in [9.17, 15) is 14.4 Å². The van der Waals surface area contributed by atoms with Crippen LogP contribution >= 0.6 is 0 Å². The molecule has 0 aliphatic heterocycles. The molecular formula is C13H22O4. The molecule has 0 aliphatic rings. The fraction of sp³-hybridized carbons (Fsp3) is 0.769. The number of ketones is 2. The number of hydrogen-bond acceptors (Lipinski definition) is 4. The van der Waals surface area contributed by atoms with Crippen LogP contribution in [0.5, 0.6) is 0 Å². The first-order valence-corrected chi connectivity index (χ1v) is 6.02. The number of unbranched alkanes of at least 4 members (excludes halogenated alkanes) is 1. The number of carbonyl (C=O) groups excluding carboxylic acids is 3. The zero-order valence-corrected chi connectivity index (χ0v) is 11.2. The largest absolute Gasteiger partial charge is 0.466 e. The lowest BCUT2D eigenvalue weighted by Gasteiger charge is -2.22. The molecule has 0 saturated carbocycles. The van der Waals surface area contributed by atoms with Gasteiger partial charge in [0.05, 0.1) is 12.0 Å². The van der Waals surface area contributed by atoms with Gasteiger partial charge in [0.1, 0.15) is 11.6 Å². The van der Waals surface area contributed by atoms with Gasteiger partial charge in [0.25, 0.3) is 0 Å². The van der Waals surface area contributed by atoms with E-state index in [1.54, 1.807) is 6.92 Å². The van der Waals surface area contributed by atoms with Crippen molar-refractivity contribution in [2.24, 2.45) is 5.41 Å². The maximum absolute atomic E-state index is 11.4. The fourth-order valence-electron chi connectivity index (χ4n) is 1.35. The van der Waals surface area contributed by atoms with Crippen molar-refractivity contribution >= 4 is 17.5 Å². The molecule has 0 heterocycles. The van der Waals surface area contributed by atoms with Gasteiger partial charge in [-0.05, 0) is 33.6 Å². The third-order valence-electron chi connectivity index (χ3n) is 3.14. The van der Waals surface area contributed by atoms with Crippen LogP contribution in [0.2, 0.25) is 0 Å². The van der Waals surface area contributed by atoms with Crippen LogP contribution in [-0.2, 0) is 19.1 Å². The Bertz CT molecular complexity index is 280. The first-order valence-electron chi connectivity index (χ1n) is 6.02. The van der Waals surface area contributed by atoms with Crippen molar-refractivity contribution in [1.29, 1.82) is 0 Å². The molecule has 0 amide bonds. The van der Waals surface area contributed by atoms with Crippen molar-refractivity contribution in [2.75, 3.05) is 6.61 Å². The Morgan fingerprint density at radius 2 is 1.65 bits per heavy atom. The molecule has 0 aliphatic carbocycles. The van der Waals surface area contributed by atoms with Gasteiger partial charge in [-0.15, -0.1) is 0 Å². The van der Waals surface area contributed by atoms with E-state index in [4.69, 9.17) is 4.74 Å². The minimum Gasteiger partial charge on any atom is -0.466 e. The summed E-state index contributed by atoms with van der Waals surface area (Å²) in [5.74, 6) is -0.745. The quantitative estimate of drug-likeness (QED) is 0.372. The topological polar surface area (TPSA) is 60.4 Å². The van der Waals surface area contributed by atoms with Gasteiger partial charge in [0, 0.05) is 6.42 Å². The molecule has 4 heteroatoms. The van der Waals surface area contributed by atoms with E-state index >= 15 is 0 Å². The van der Waals surface area contributed by atoms with Crippen molar-refractivity contribution in [3.63, 3.8) is 0 Å². The molecule has 0 saturated heterocycles. The Labute approximate surface area is 103 Å². The van der Waals surface area contributed by atoms with Gasteiger partial charge in [0.15, 0.2) is 0 Å². The van der Waals surface area contributed by atoms with Crippen molar-refractivity contribution in [1.82, 2.24) is 0 Å². The molecule has 0 radical (unpaired) electrons. The molecule has 0 atom stereocenters. The standard InChI is InChI=1S/C13H22O4/c1-5-6-9-17-12(16)7-8-13(4,10(2)14)11(3)15/h5-9H2,1-4H3. The SMILES string of the molecule is CCCCOC(=O)CCC(C)(C(C)=O)C(C)=O. The van der Waals surface area contributed by atoms with Crippen LogP contribution < -0.4 is 0 Å². The lowest BCUT2D eigenvalue weighted by molar-refractivity contribution is -0.145. The van der Waals surface area contributed by atoms with Crippen molar-refractivity contribution in [3.05, 3.63) is 0 Å². The summed E-state index contributed by atoms with van der Waals surface area (Å²) in [4.78, 5) is 34.2. The zero-order chi connectivity index (χ0) is 13.5. The van der Waals surface area contributed by atoms with Gasteiger partial charge >= 0.3 is 5.97 Å². The second-order valence-electron chi connectivity index (χ2n) is 4.52. The summed E-state index contributed by atoms with van der Waals surface area (Å²) in [5.41, 5.74) is -1.05. The monoisotopic (exact) mass is 242 g/mol. The molecular weight excluding hydrogens is 220 g/mol. The maximum atomic E-state index is 11.4. The normalized spacial score (nSPS) is 11.1. The minimum atomic E-state index is -1.05. The first kappa shape index (κ1) is 15.8. The number of ether oxygens (including phenoxy) is 1. The molecule has 0 bridgehead atoms. The van der Waals surface area contributed by atoms with E-state index in [0.717, 1.165) is 12.8 Å². The number of hydrogen-bond donors (Lipinski definition) is 0. The van der Waals surface area contributed by atoms with Crippen LogP contribution in [0.3, 0.4) is 0 Å². The van der Waals surface area contributed by atoms with Gasteiger partial charge in [0.2, 0.25) is 0 Å². The van der Waals surface area contributed by atoms with Crippen molar-refractivity contribution < 1.29 is 19.1 Å². The lowest BCUT2D eigenvalue weighted by atomic mass is 9.78. The molecule has 0 unspecified atom stereocenters. The smallest absolute Gasteiger partial charge is 0.305 e. The Morgan fingerprint density at radius 3 is 2.06 bits per heavy atom. The van der Waals surface area contributed by atoms with Gasteiger partial charge < -0.3 is 4.74 Å². The van der Waals surface area contributed by atoms with Crippen LogP contribution in [0.25, 0.3) is 0 Å². The second kappa shape index (κ2) is 7.20. The highest BCUT2D eigenvalue weighted by atomic mass is 16.5. The highest BCUT2D eigenvalue weighted by Crippen LogP contribution is 2.26. The van der Waals surface area contributed by atoms with Gasteiger partial charge in [-0.3, -0.25) is 14.4 Å². The van der Waals surface area contributed by atoms with Gasteiger partial charge in [-0.1, -0.05) is 13.3 Å². The minimum absolute atomic E-state index is 0.110. The van der Waals surface area contributed by atoms with Crippen molar-refractivity contribution in [3.8, 4) is 0 Å². The van der Waals surface area contributed by atoms with Crippen LogP contribution in [-0.4, -0.2) is 24.1 Å². The van der Waals surface area contributed by atoms with E-state index in [-0.39, 0.29) is 30.4 Å². The van der Waals surface area contributed by atoms with Crippen LogP contribution in [0.4, 0.5) is 0 Å². The fourth-order valence-corrected chi connectivity index (χ4v) is 1.35. The van der Waals surface area contributed by atoms with Gasteiger partial charge in [-0.2, -0.15) is 0 Å². The van der Waals surface area contributed by atoms with Crippen LogP contribution in [0.15, 0.2) is 0 Å². The highest BCUT2D eigenvalue weighted by Gasteiger charge is 2.35. The molecule has 0 fully saturated rings. The van der Waals surface area contributed by atoms with E-state index in [2.05, 4.69) is 0 Å². The first-order chi connectivity index (χ1) is 7.84. The average molecular weight is 242 g/mol. The highest BCUT2D eigenvalue weighted by molar-refractivity contribution is 6.04. The third kappa shape index (κ3) is 5.11. The molecule has 17 heavy (non-hydrogen) atoms. The number of carbonyl (C=O) groups is 3. The third-order valence-corrected chi connectivity index (χ3v) is 3.14. The summed E-state index contributed by atoms with van der Waals surface area (Å²) >= 11 is 0. The molecule has 0 N–H and O–H groups in total. The maximum Gasteiger partial charge on any atom is 0.305 e. The molecule has 0 aromatic heterocycles. The van der Waals surface area contributed by atoms with E-state index in [1.807, 2.05) is 6.92 Å². The molecule has 98 valence electrons. The van der Waals surface area contributed by atoms with Crippen LogP contribution in [0, 0.1) is 5.41 Å².